The highest BCUT2D eigenvalue weighted by atomic mass is 32.1. The summed E-state index contributed by atoms with van der Waals surface area (Å²) in [5.74, 6) is -1.23. The summed E-state index contributed by atoms with van der Waals surface area (Å²) >= 11 is 6.26. The van der Waals surface area contributed by atoms with Crippen molar-refractivity contribution in [3.8, 4) is 0 Å². The quantitative estimate of drug-likeness (QED) is 0.110. The number of thiophene rings is 1. The molecular weight excluding hydrogens is 697 g/mol. The van der Waals surface area contributed by atoms with E-state index in [1.165, 1.54) is 23.9 Å². The van der Waals surface area contributed by atoms with Gasteiger partial charge in [0.1, 0.15) is 29.5 Å². The van der Waals surface area contributed by atoms with Gasteiger partial charge < -0.3 is 54.3 Å². The van der Waals surface area contributed by atoms with Crippen molar-refractivity contribution in [3.63, 3.8) is 0 Å². The van der Waals surface area contributed by atoms with Crippen LogP contribution < -0.4 is 25.7 Å². The van der Waals surface area contributed by atoms with Crippen LogP contribution in [0.5, 0.6) is 0 Å². The van der Waals surface area contributed by atoms with Crippen LogP contribution in [0.2, 0.25) is 0 Å². The molecule has 44 heavy (non-hydrogen) atoms. The number of Topliss-reactive ketones (excluding diaryl/α,β-unsaturated/α-hetero) is 1. The standard InChI is InChI=1S/C18H21N6O15P3S2/c1-6(25)12-7(2-3-44-12)21-14(26)17-36-10-8(4-34-41(30,31)39-42(32,33)38-40(27,28)29)35-16(11(10)37-17)24-5-20-9-13(24)22-18(19)23-15(9)43/h2-3,5,8,10-11,16-17H,4H2,1H3,(H,21,26)(H,30,31)(H,32,33)(H2,27,28,29)(H3,19,22,23,43)/p-3/t8?,10?,11?,16?,17-/m1/s1. The van der Waals surface area contributed by atoms with Gasteiger partial charge in [0.15, 0.2) is 22.6 Å². The molecule has 240 valence electrons. The highest BCUT2D eigenvalue weighted by Crippen LogP contribution is 2.61. The summed E-state index contributed by atoms with van der Waals surface area (Å²) in [7, 11) is -18.0. The Labute approximate surface area is 253 Å². The van der Waals surface area contributed by atoms with E-state index >= 15 is 0 Å². The van der Waals surface area contributed by atoms with E-state index in [1.54, 1.807) is 5.38 Å². The van der Waals surface area contributed by atoms with Crippen molar-refractivity contribution in [2.45, 2.75) is 37.8 Å². The van der Waals surface area contributed by atoms with Crippen molar-refractivity contribution < 1.29 is 70.2 Å². The van der Waals surface area contributed by atoms with Crippen LogP contribution in [0.1, 0.15) is 22.8 Å². The fourth-order valence-corrected chi connectivity index (χ4v) is 8.18. The molecule has 2 aliphatic heterocycles. The third-order valence-electron chi connectivity index (χ3n) is 5.84. The smallest absolute Gasteiger partial charge is 0.281 e. The molecule has 0 radical (unpaired) electrons. The van der Waals surface area contributed by atoms with Crippen molar-refractivity contribution >= 4 is 81.5 Å². The number of carbonyl (C=O) groups excluding carboxylic acids is 2. The van der Waals surface area contributed by atoms with Crippen LogP contribution in [0.3, 0.4) is 0 Å². The van der Waals surface area contributed by atoms with Gasteiger partial charge in [0.25, 0.3) is 29.4 Å². The number of imidazole rings is 1. The van der Waals surface area contributed by atoms with E-state index in [0.29, 0.717) is 0 Å². The van der Waals surface area contributed by atoms with Gasteiger partial charge in [-0.3, -0.25) is 27.9 Å². The minimum Gasteiger partial charge on any atom is -0.756 e. The molecule has 5 heterocycles. The maximum atomic E-state index is 13.0. The molecule has 3 aromatic heterocycles. The summed E-state index contributed by atoms with van der Waals surface area (Å²) in [4.78, 5) is 78.9. The normalized spacial score (nSPS) is 27.3. The predicted molar refractivity (Wildman–Crippen MR) is 141 cm³/mol. The van der Waals surface area contributed by atoms with Gasteiger partial charge in [-0.05, 0) is 11.4 Å². The number of amides is 1. The molecule has 2 fully saturated rings. The van der Waals surface area contributed by atoms with Crippen molar-refractivity contribution in [3.05, 3.63) is 27.3 Å². The van der Waals surface area contributed by atoms with E-state index in [1.807, 2.05) is 0 Å². The maximum absolute atomic E-state index is 13.0. The third kappa shape index (κ3) is 7.23. The maximum Gasteiger partial charge on any atom is 0.281 e. The first-order valence-electron chi connectivity index (χ1n) is 11.7. The van der Waals surface area contributed by atoms with Crippen molar-refractivity contribution in [2.75, 3.05) is 17.7 Å². The van der Waals surface area contributed by atoms with Gasteiger partial charge in [-0.2, -0.15) is 0 Å². The molecule has 0 aromatic carbocycles. The van der Waals surface area contributed by atoms with Gasteiger partial charge in [0, 0.05) is 6.92 Å². The number of fused-ring (bicyclic) bond motifs is 2. The number of aromatic amines is 1. The van der Waals surface area contributed by atoms with Crippen LogP contribution in [0.15, 0.2) is 17.8 Å². The summed E-state index contributed by atoms with van der Waals surface area (Å²) in [6.45, 7) is 0.291. The molecule has 1 amide bonds. The average Bonchev–Trinajstić information content (AvgIpc) is 3.64. The molecule has 21 nitrogen and oxygen atoms in total. The predicted octanol–water partition coefficient (Wildman–Crippen LogP) is -0.571. The zero-order chi connectivity index (χ0) is 32.2. The Hall–Kier alpha value is -2.30. The molecule has 0 saturated carbocycles. The largest absolute Gasteiger partial charge is 0.756 e. The number of H-pyrrole nitrogens is 1. The molecule has 7 unspecified atom stereocenters. The lowest BCUT2D eigenvalue weighted by Crippen LogP contribution is -2.34. The van der Waals surface area contributed by atoms with Crippen LogP contribution >= 0.6 is 47.0 Å². The number of hydrogen-bond acceptors (Lipinski definition) is 19. The molecule has 2 saturated heterocycles. The lowest BCUT2D eigenvalue weighted by Gasteiger charge is -2.33. The first-order chi connectivity index (χ1) is 20.4. The highest BCUT2D eigenvalue weighted by Gasteiger charge is 2.55. The topological polar surface area (TPSA) is 315 Å². The van der Waals surface area contributed by atoms with Crippen molar-refractivity contribution in [2.24, 2.45) is 0 Å². The molecule has 0 bridgehead atoms. The average molecular weight is 715 g/mol. The number of rotatable bonds is 11. The molecule has 0 aliphatic carbocycles. The molecule has 5 rings (SSSR count). The van der Waals surface area contributed by atoms with Crippen LogP contribution in [-0.2, 0) is 45.8 Å². The first kappa shape index (κ1) is 33.1. The number of aromatic nitrogens is 4. The number of nitrogen functional groups attached to an aromatic ring is 1. The summed E-state index contributed by atoms with van der Waals surface area (Å²) in [6, 6.07) is 1.49. The summed E-state index contributed by atoms with van der Waals surface area (Å²) in [5, 5.41) is 4.09. The van der Waals surface area contributed by atoms with E-state index in [0.717, 1.165) is 11.3 Å². The second-order valence-electron chi connectivity index (χ2n) is 8.91. The second-order valence-corrected chi connectivity index (χ2v) is 14.5. The zero-order valence-corrected chi connectivity index (χ0v) is 25.9. The fraction of sp³-hybridized carbons (Fsp3) is 0.389. The number of nitrogens with zero attached hydrogens (tertiary/aromatic N) is 3. The lowest BCUT2D eigenvalue weighted by atomic mass is 10.1. The minimum absolute atomic E-state index is 0.0292. The summed E-state index contributed by atoms with van der Waals surface area (Å²) in [5.41, 5.74) is 6.36. The van der Waals surface area contributed by atoms with Crippen LogP contribution in [0, 0.1) is 4.64 Å². The van der Waals surface area contributed by atoms with Crippen LogP contribution in [0.4, 0.5) is 11.6 Å². The van der Waals surface area contributed by atoms with Gasteiger partial charge in [-0.1, -0.05) is 12.2 Å². The third-order valence-corrected chi connectivity index (χ3v) is 10.8. The minimum atomic E-state index is -6.16. The monoisotopic (exact) mass is 715 g/mol. The SMILES string of the molecule is CC(=O)c1sccc1NC(=O)[C@@H]1OC2C(COP(=O)([O-])OP(=O)([O-])OP(=O)([O-])O)OC(n3cnc4c(=S)nc(N)[nH]c43)C2O1. The zero-order valence-electron chi connectivity index (χ0n) is 21.6. The Morgan fingerprint density at radius 2 is 1.91 bits per heavy atom. The van der Waals surface area contributed by atoms with E-state index < -0.39 is 66.8 Å². The van der Waals surface area contributed by atoms with Gasteiger partial charge >= 0.3 is 0 Å². The van der Waals surface area contributed by atoms with Gasteiger partial charge in [0.05, 0.1) is 23.5 Å². The van der Waals surface area contributed by atoms with E-state index in [9.17, 15) is 38.0 Å². The van der Waals surface area contributed by atoms with Crippen molar-refractivity contribution in [1.82, 2.24) is 19.5 Å². The summed E-state index contributed by atoms with van der Waals surface area (Å²) in [6.07, 6.45) is -5.45. The van der Waals surface area contributed by atoms with E-state index in [2.05, 4.69) is 33.4 Å². The number of nitrogens with one attached hydrogen (secondary N) is 2. The molecule has 5 N–H and O–H groups in total. The molecular formula is C18H18N6O15P3S2-3. The van der Waals surface area contributed by atoms with E-state index in [4.69, 9.17) is 37.1 Å². The Kier molecular flexibility index (Phi) is 9.12. The number of carbonyl (C=O) groups is 2. The number of anilines is 2. The number of phosphoric acid groups is 3. The molecule has 3 aromatic rings. The summed E-state index contributed by atoms with van der Waals surface area (Å²) < 4.78 is 64.7. The van der Waals surface area contributed by atoms with Gasteiger partial charge in [-0.25, -0.2) is 18.6 Å². The van der Waals surface area contributed by atoms with Crippen molar-refractivity contribution in [1.29, 1.82) is 0 Å². The number of hydrogen-bond donors (Lipinski definition) is 4. The van der Waals surface area contributed by atoms with Gasteiger partial charge in [0.2, 0.25) is 6.29 Å². The van der Waals surface area contributed by atoms with Crippen LogP contribution in [0.25, 0.3) is 11.2 Å². The van der Waals surface area contributed by atoms with E-state index in [-0.39, 0.29) is 38.1 Å². The van der Waals surface area contributed by atoms with Gasteiger partial charge in [-0.15, -0.1) is 11.3 Å². The fourth-order valence-electron chi connectivity index (χ4n) is 4.29. The number of phosphoric ester groups is 1. The number of nitrogens with two attached hydrogens (primary N) is 1. The molecule has 2 aliphatic rings. The Balaban J connectivity index is 1.39. The molecule has 8 atom stereocenters. The Bertz CT molecular complexity index is 1820. The molecule has 0 spiro atoms. The Morgan fingerprint density at radius 3 is 2.59 bits per heavy atom. The number of ether oxygens (including phenoxy) is 3. The number of ketones is 1. The molecule has 26 heteroatoms. The Morgan fingerprint density at radius 1 is 1.20 bits per heavy atom. The van der Waals surface area contributed by atoms with Crippen LogP contribution in [-0.4, -0.2) is 67.3 Å². The lowest BCUT2D eigenvalue weighted by molar-refractivity contribution is -0.250. The first-order valence-corrected chi connectivity index (χ1v) is 17.4. The highest BCUT2D eigenvalue weighted by molar-refractivity contribution is 7.71. The second kappa shape index (κ2) is 12.1.